The molecule has 1 amide bonds. The maximum absolute atomic E-state index is 13.5. The van der Waals surface area contributed by atoms with Crippen molar-refractivity contribution in [2.75, 3.05) is 31.8 Å². The number of benzene rings is 2. The predicted octanol–water partition coefficient (Wildman–Crippen LogP) is 0.883. The fraction of sp³-hybridized carbons (Fsp3) is 0.576. The van der Waals surface area contributed by atoms with Crippen LogP contribution in [0.1, 0.15) is 72.9 Å². The molecule has 1 aliphatic carbocycles. The second kappa shape index (κ2) is 20.2. The van der Waals surface area contributed by atoms with Crippen molar-refractivity contribution in [1.82, 2.24) is 5.32 Å². The number of ether oxygens (including phenoxy) is 2. The van der Waals surface area contributed by atoms with Crippen molar-refractivity contribution in [2.24, 2.45) is 5.92 Å². The zero-order chi connectivity index (χ0) is 30.3. The number of hydrogen-bond donors (Lipinski definition) is 3. The number of amides is 1. The van der Waals surface area contributed by atoms with E-state index in [-0.39, 0.29) is 50.5 Å². The van der Waals surface area contributed by atoms with Crippen LogP contribution in [-0.4, -0.2) is 72.2 Å². The van der Waals surface area contributed by atoms with Crippen molar-refractivity contribution in [2.45, 2.75) is 83.1 Å². The number of nitrogens with one attached hydrogen (secondary N) is 1. The molecule has 1 aliphatic rings. The summed E-state index contributed by atoms with van der Waals surface area (Å²) in [6, 6.07) is 13.0. The van der Waals surface area contributed by atoms with Crippen LogP contribution in [0.5, 0.6) is 0 Å². The summed E-state index contributed by atoms with van der Waals surface area (Å²) in [6.07, 6.45) is 8.12. The minimum absolute atomic E-state index is 0. The number of rotatable bonds is 18. The Kier molecular flexibility index (Phi) is 17.6. The van der Waals surface area contributed by atoms with E-state index in [1.54, 1.807) is 17.8 Å². The number of carbonyl (C=O) groups excluding carboxylic acids is 2. The van der Waals surface area contributed by atoms with Crippen molar-refractivity contribution in [1.29, 1.82) is 0 Å². The summed E-state index contributed by atoms with van der Waals surface area (Å²) in [5.74, 6) is -0.211. The monoisotopic (exact) mass is 607 g/mol. The maximum Gasteiger partial charge on any atom is 1.00 e. The molecule has 1 fully saturated rings. The van der Waals surface area contributed by atoms with E-state index < -0.39 is 18.1 Å². The van der Waals surface area contributed by atoms with Gasteiger partial charge in [-0.2, -0.15) is 11.8 Å². The molecule has 43 heavy (non-hydrogen) atoms. The summed E-state index contributed by atoms with van der Waals surface area (Å²) in [6.45, 7) is 2.36. The molecule has 0 bridgehead atoms. The van der Waals surface area contributed by atoms with Gasteiger partial charge in [-0.15, -0.1) is 0 Å². The van der Waals surface area contributed by atoms with Gasteiger partial charge >= 0.3 is 18.9 Å². The molecular weight excluding hydrogens is 561 g/mol. The standard InChI is InChI=1S/C33H47NO7S.Li/c1-23-8-6-7-11-29(23)31-17-25(12-13-30(31)33(39)34-26(14-15-42-2)18-32(37)38)20-41-28(22-40-21-27(36)19-35)16-24-9-4-3-5-10-24;/h6-8,11-13,17,24,26-28,35-36H,3-5,9-10,14-16,18-22H2,1-2H3,(H,34,39)(H,37,38);/q;+1/p-1/t26-,27?,28-;/m0./s1. The van der Waals surface area contributed by atoms with E-state index in [1.807, 2.05) is 49.6 Å². The summed E-state index contributed by atoms with van der Waals surface area (Å²) >= 11 is 1.60. The molecule has 0 aliphatic heterocycles. The Bertz CT molecular complexity index is 1130. The third kappa shape index (κ3) is 13.0. The summed E-state index contributed by atoms with van der Waals surface area (Å²) in [5.41, 5.74) is 4.08. The van der Waals surface area contributed by atoms with Crippen molar-refractivity contribution in [3.05, 3.63) is 59.2 Å². The Morgan fingerprint density at radius 1 is 1.09 bits per heavy atom. The minimum Gasteiger partial charge on any atom is -0.550 e. The second-order valence-electron chi connectivity index (χ2n) is 11.3. The zero-order valence-corrected chi connectivity index (χ0v) is 26.7. The van der Waals surface area contributed by atoms with Gasteiger partial charge in [-0.3, -0.25) is 4.79 Å². The van der Waals surface area contributed by atoms with E-state index in [4.69, 9.17) is 14.6 Å². The van der Waals surface area contributed by atoms with Crippen molar-refractivity contribution >= 4 is 23.6 Å². The third-order valence-corrected chi connectivity index (χ3v) is 8.46. The van der Waals surface area contributed by atoms with Crippen LogP contribution in [0.4, 0.5) is 0 Å². The van der Waals surface area contributed by atoms with Crippen LogP contribution in [0, 0.1) is 12.8 Å². The Morgan fingerprint density at radius 2 is 1.84 bits per heavy atom. The van der Waals surface area contributed by atoms with E-state index in [1.165, 1.54) is 32.1 Å². The molecule has 0 heterocycles. The predicted molar refractivity (Wildman–Crippen MR) is 164 cm³/mol. The van der Waals surface area contributed by atoms with Crippen LogP contribution < -0.4 is 29.3 Å². The number of aliphatic hydroxyl groups excluding tert-OH is 2. The molecule has 10 heteroatoms. The number of aryl methyl sites for hydroxylation is 1. The van der Waals surface area contributed by atoms with Crippen LogP contribution >= 0.6 is 11.8 Å². The Morgan fingerprint density at radius 3 is 2.51 bits per heavy atom. The minimum atomic E-state index is -1.19. The molecule has 232 valence electrons. The molecule has 0 spiro atoms. The van der Waals surface area contributed by atoms with E-state index in [0.717, 1.165) is 34.4 Å². The summed E-state index contributed by atoms with van der Waals surface area (Å²) in [7, 11) is 0. The number of hydrogen-bond acceptors (Lipinski definition) is 8. The maximum atomic E-state index is 13.5. The van der Waals surface area contributed by atoms with Gasteiger partial charge < -0.3 is 34.9 Å². The zero-order valence-electron chi connectivity index (χ0n) is 25.9. The molecule has 2 aromatic rings. The molecular formula is C33H46LiNO7S. The van der Waals surface area contributed by atoms with E-state index in [2.05, 4.69) is 5.32 Å². The van der Waals surface area contributed by atoms with E-state index in [0.29, 0.717) is 31.1 Å². The fourth-order valence-electron chi connectivity index (χ4n) is 5.51. The van der Waals surface area contributed by atoms with Crippen LogP contribution in [0.25, 0.3) is 11.1 Å². The summed E-state index contributed by atoms with van der Waals surface area (Å²) in [5, 5.41) is 33.1. The molecule has 1 saturated carbocycles. The fourth-order valence-corrected chi connectivity index (χ4v) is 6.03. The largest absolute Gasteiger partial charge is 1.00 e. The van der Waals surface area contributed by atoms with Crippen LogP contribution in [0.15, 0.2) is 42.5 Å². The van der Waals surface area contributed by atoms with Gasteiger partial charge in [0.2, 0.25) is 0 Å². The van der Waals surface area contributed by atoms with Gasteiger partial charge in [-0.25, -0.2) is 0 Å². The Balaban J connectivity index is 0.00000645. The smallest absolute Gasteiger partial charge is 0.550 e. The molecule has 3 N–H and O–H groups in total. The van der Waals surface area contributed by atoms with Gasteiger partial charge in [0.15, 0.2) is 0 Å². The van der Waals surface area contributed by atoms with Crippen LogP contribution in [-0.2, 0) is 20.9 Å². The first-order valence-corrected chi connectivity index (χ1v) is 16.4. The number of aliphatic carboxylic acids is 1. The van der Waals surface area contributed by atoms with Crippen molar-refractivity contribution < 1.29 is 53.2 Å². The molecule has 1 unspecified atom stereocenters. The first-order valence-electron chi connectivity index (χ1n) is 15.0. The molecule has 2 aromatic carbocycles. The van der Waals surface area contributed by atoms with Gasteiger partial charge in [0.25, 0.3) is 5.91 Å². The number of carboxylic acid groups (broad SMARTS) is 1. The number of carboxylic acids is 1. The van der Waals surface area contributed by atoms with E-state index in [9.17, 15) is 19.8 Å². The first kappa shape index (κ1) is 37.4. The first-order chi connectivity index (χ1) is 20.3. The number of carbonyl (C=O) groups is 2. The Hall–Kier alpha value is -1.83. The third-order valence-electron chi connectivity index (χ3n) is 7.81. The molecule has 0 saturated heterocycles. The average molecular weight is 608 g/mol. The molecule has 0 aromatic heterocycles. The normalized spacial score (nSPS) is 15.7. The second-order valence-corrected chi connectivity index (χ2v) is 12.3. The number of aliphatic hydroxyl groups is 2. The summed E-state index contributed by atoms with van der Waals surface area (Å²) in [4.78, 5) is 24.8. The molecule has 8 nitrogen and oxygen atoms in total. The van der Waals surface area contributed by atoms with Gasteiger partial charge in [0.05, 0.1) is 32.5 Å². The SMILES string of the molecule is CSCC[C@@H](CC(=O)[O-])NC(=O)c1ccc(CO[C@H](COCC(O)CO)CC2CCCCC2)cc1-c1ccccc1C.[Li+]. The van der Waals surface area contributed by atoms with Gasteiger partial charge in [-0.1, -0.05) is 62.4 Å². The average Bonchev–Trinajstić information content (AvgIpc) is 2.98. The van der Waals surface area contributed by atoms with Gasteiger partial charge in [0, 0.05) is 24.0 Å². The van der Waals surface area contributed by atoms with Crippen molar-refractivity contribution in [3.63, 3.8) is 0 Å². The van der Waals surface area contributed by atoms with Crippen LogP contribution in [0.2, 0.25) is 0 Å². The molecule has 0 radical (unpaired) electrons. The summed E-state index contributed by atoms with van der Waals surface area (Å²) < 4.78 is 12.1. The topological polar surface area (TPSA) is 128 Å². The van der Waals surface area contributed by atoms with Gasteiger partial charge in [-0.05, 0) is 72.1 Å². The molecule has 3 atom stereocenters. The van der Waals surface area contributed by atoms with Crippen molar-refractivity contribution in [3.8, 4) is 11.1 Å². The quantitative estimate of drug-likeness (QED) is 0.213. The number of thioether (sulfide) groups is 1. The van der Waals surface area contributed by atoms with E-state index >= 15 is 0 Å². The molecule has 3 rings (SSSR count). The van der Waals surface area contributed by atoms with Crippen LogP contribution in [0.3, 0.4) is 0 Å². The Labute approximate surface area is 272 Å². The van der Waals surface area contributed by atoms with Gasteiger partial charge in [0.1, 0.15) is 6.10 Å².